The van der Waals surface area contributed by atoms with E-state index in [0.29, 0.717) is 5.92 Å². The first-order valence-corrected chi connectivity index (χ1v) is 6.07. The van der Waals surface area contributed by atoms with Crippen LogP contribution in [-0.4, -0.2) is 6.61 Å². The molecule has 0 N–H and O–H groups in total. The van der Waals surface area contributed by atoms with E-state index in [2.05, 4.69) is 32.0 Å². The topological polar surface area (TPSA) is 9.23 Å². The lowest BCUT2D eigenvalue weighted by molar-refractivity contribution is 0.317. The molecule has 0 spiro atoms. The third kappa shape index (κ3) is 2.34. The molecule has 82 valence electrons. The van der Waals surface area contributed by atoms with Gasteiger partial charge in [-0.3, -0.25) is 0 Å². The van der Waals surface area contributed by atoms with Gasteiger partial charge in [-0.25, -0.2) is 0 Å². The highest BCUT2D eigenvalue weighted by Gasteiger charge is 2.11. The molecular weight excluding hydrogens is 184 g/mol. The van der Waals surface area contributed by atoms with Crippen LogP contribution >= 0.6 is 0 Å². The van der Waals surface area contributed by atoms with Gasteiger partial charge in [-0.05, 0) is 48.8 Å². The summed E-state index contributed by atoms with van der Waals surface area (Å²) >= 11 is 0. The summed E-state index contributed by atoms with van der Waals surface area (Å²) in [6.45, 7) is 5.42. The summed E-state index contributed by atoms with van der Waals surface area (Å²) < 4.78 is 5.72. The Hall–Kier alpha value is -0.980. The van der Waals surface area contributed by atoms with Crippen molar-refractivity contribution in [3.05, 3.63) is 29.3 Å². The van der Waals surface area contributed by atoms with Crippen molar-refractivity contribution >= 4 is 0 Å². The molecule has 1 aliphatic rings. The van der Waals surface area contributed by atoms with Crippen molar-refractivity contribution in [1.29, 1.82) is 0 Å². The Morgan fingerprint density at radius 1 is 1.33 bits per heavy atom. The van der Waals surface area contributed by atoms with Gasteiger partial charge in [0, 0.05) is 0 Å². The average Bonchev–Trinajstić information content (AvgIpc) is 2.51. The van der Waals surface area contributed by atoms with Crippen molar-refractivity contribution in [1.82, 2.24) is 0 Å². The van der Waals surface area contributed by atoms with Gasteiger partial charge in [-0.2, -0.15) is 0 Å². The standard InChI is InChI=1S/C14H20O/c1-3-11(2)12-7-8-14-13(10-12)6-4-5-9-15-14/h7-8,10-11H,3-6,9H2,1-2H3. The summed E-state index contributed by atoms with van der Waals surface area (Å²) in [6, 6.07) is 6.72. The van der Waals surface area contributed by atoms with Gasteiger partial charge in [0.05, 0.1) is 6.61 Å². The zero-order valence-electron chi connectivity index (χ0n) is 9.75. The lowest BCUT2D eigenvalue weighted by atomic mass is 9.95. The fourth-order valence-electron chi connectivity index (χ4n) is 2.08. The second-order valence-corrected chi connectivity index (χ2v) is 4.48. The molecule has 0 aromatic heterocycles. The molecule has 1 nitrogen and oxygen atoms in total. The van der Waals surface area contributed by atoms with Crippen LogP contribution in [0.25, 0.3) is 0 Å². The van der Waals surface area contributed by atoms with E-state index < -0.39 is 0 Å². The van der Waals surface area contributed by atoms with Gasteiger partial charge < -0.3 is 4.74 Å². The summed E-state index contributed by atoms with van der Waals surface area (Å²) in [5.41, 5.74) is 2.87. The van der Waals surface area contributed by atoms with Crippen LogP contribution < -0.4 is 4.74 Å². The summed E-state index contributed by atoms with van der Waals surface area (Å²) in [7, 11) is 0. The third-order valence-electron chi connectivity index (χ3n) is 3.36. The number of aryl methyl sites for hydroxylation is 1. The van der Waals surface area contributed by atoms with Crippen LogP contribution in [0, 0.1) is 0 Å². The molecule has 0 saturated heterocycles. The number of fused-ring (bicyclic) bond motifs is 1. The highest BCUT2D eigenvalue weighted by Crippen LogP contribution is 2.28. The zero-order chi connectivity index (χ0) is 10.7. The van der Waals surface area contributed by atoms with E-state index in [4.69, 9.17) is 4.74 Å². The maximum atomic E-state index is 5.72. The molecule has 1 aliphatic heterocycles. The molecule has 1 unspecified atom stereocenters. The molecule has 1 heteroatoms. The van der Waals surface area contributed by atoms with Crippen LogP contribution in [0.15, 0.2) is 18.2 Å². The smallest absolute Gasteiger partial charge is 0.122 e. The minimum atomic E-state index is 0.665. The monoisotopic (exact) mass is 204 g/mol. The van der Waals surface area contributed by atoms with Gasteiger partial charge in [-0.15, -0.1) is 0 Å². The minimum absolute atomic E-state index is 0.665. The van der Waals surface area contributed by atoms with Crippen molar-refractivity contribution in [2.45, 2.75) is 45.4 Å². The Kier molecular flexibility index (Phi) is 3.30. The second kappa shape index (κ2) is 4.69. The van der Waals surface area contributed by atoms with E-state index in [1.54, 1.807) is 0 Å². The molecule has 0 saturated carbocycles. The molecule has 1 aromatic carbocycles. The molecule has 2 rings (SSSR count). The normalized spacial score (nSPS) is 17.5. The second-order valence-electron chi connectivity index (χ2n) is 4.48. The predicted octanol–water partition coefficient (Wildman–Crippen LogP) is 3.92. The van der Waals surface area contributed by atoms with Crippen LogP contribution in [-0.2, 0) is 6.42 Å². The van der Waals surface area contributed by atoms with Crippen molar-refractivity contribution in [2.75, 3.05) is 6.61 Å². The maximum absolute atomic E-state index is 5.72. The summed E-state index contributed by atoms with van der Waals surface area (Å²) in [5, 5.41) is 0. The number of rotatable bonds is 2. The SMILES string of the molecule is CCC(C)c1ccc2c(c1)CCCCO2. The first-order valence-electron chi connectivity index (χ1n) is 6.07. The predicted molar refractivity (Wildman–Crippen MR) is 63.6 cm³/mol. The Balaban J connectivity index is 2.27. The van der Waals surface area contributed by atoms with E-state index >= 15 is 0 Å². The molecule has 1 atom stereocenters. The van der Waals surface area contributed by atoms with E-state index in [9.17, 15) is 0 Å². The third-order valence-corrected chi connectivity index (χ3v) is 3.36. The van der Waals surface area contributed by atoms with Gasteiger partial charge in [0.15, 0.2) is 0 Å². The lowest BCUT2D eigenvalue weighted by Gasteiger charge is -2.13. The molecule has 1 heterocycles. The van der Waals surface area contributed by atoms with Gasteiger partial charge in [-0.1, -0.05) is 26.0 Å². The van der Waals surface area contributed by atoms with Crippen LogP contribution in [0.3, 0.4) is 0 Å². The van der Waals surface area contributed by atoms with Crippen molar-refractivity contribution in [3.8, 4) is 5.75 Å². The molecule has 0 fully saturated rings. The Morgan fingerprint density at radius 2 is 2.20 bits per heavy atom. The highest BCUT2D eigenvalue weighted by atomic mass is 16.5. The van der Waals surface area contributed by atoms with E-state index in [1.165, 1.54) is 36.8 Å². The molecule has 1 aromatic rings. The first kappa shape index (κ1) is 10.5. The molecule has 0 amide bonds. The van der Waals surface area contributed by atoms with Crippen molar-refractivity contribution in [2.24, 2.45) is 0 Å². The Labute approximate surface area is 92.5 Å². The minimum Gasteiger partial charge on any atom is -0.493 e. The van der Waals surface area contributed by atoms with Gasteiger partial charge in [0.1, 0.15) is 5.75 Å². The van der Waals surface area contributed by atoms with Crippen LogP contribution in [0.5, 0.6) is 5.75 Å². The molecule has 0 bridgehead atoms. The number of ether oxygens (including phenoxy) is 1. The molecule has 0 aliphatic carbocycles. The van der Waals surface area contributed by atoms with Gasteiger partial charge in [0.25, 0.3) is 0 Å². The average molecular weight is 204 g/mol. The Morgan fingerprint density at radius 3 is 3.00 bits per heavy atom. The van der Waals surface area contributed by atoms with Crippen LogP contribution in [0.4, 0.5) is 0 Å². The fraction of sp³-hybridized carbons (Fsp3) is 0.571. The summed E-state index contributed by atoms with van der Waals surface area (Å²) in [6.07, 6.45) is 4.84. The van der Waals surface area contributed by atoms with Gasteiger partial charge >= 0.3 is 0 Å². The molecular formula is C14H20O. The van der Waals surface area contributed by atoms with Crippen LogP contribution in [0.1, 0.15) is 50.2 Å². The van der Waals surface area contributed by atoms with Crippen molar-refractivity contribution < 1.29 is 4.74 Å². The largest absolute Gasteiger partial charge is 0.493 e. The first-order chi connectivity index (χ1) is 7.31. The quantitative estimate of drug-likeness (QED) is 0.709. The number of benzene rings is 1. The highest BCUT2D eigenvalue weighted by molar-refractivity contribution is 5.39. The lowest BCUT2D eigenvalue weighted by Crippen LogP contribution is -1.97. The Bertz CT molecular complexity index is 330. The molecule has 15 heavy (non-hydrogen) atoms. The van der Waals surface area contributed by atoms with E-state index in [-0.39, 0.29) is 0 Å². The zero-order valence-corrected chi connectivity index (χ0v) is 9.75. The summed E-state index contributed by atoms with van der Waals surface area (Å²) in [4.78, 5) is 0. The van der Waals surface area contributed by atoms with Crippen LogP contribution in [0.2, 0.25) is 0 Å². The van der Waals surface area contributed by atoms with Gasteiger partial charge in [0.2, 0.25) is 0 Å². The maximum Gasteiger partial charge on any atom is 0.122 e. The number of hydrogen-bond acceptors (Lipinski definition) is 1. The van der Waals surface area contributed by atoms with E-state index in [0.717, 1.165) is 12.4 Å². The molecule has 0 radical (unpaired) electrons. The number of hydrogen-bond donors (Lipinski definition) is 0. The summed E-state index contributed by atoms with van der Waals surface area (Å²) in [5.74, 6) is 1.78. The van der Waals surface area contributed by atoms with E-state index in [1.807, 2.05) is 0 Å². The fourth-order valence-corrected chi connectivity index (χ4v) is 2.08. The van der Waals surface area contributed by atoms with Crippen molar-refractivity contribution in [3.63, 3.8) is 0 Å².